The van der Waals surface area contributed by atoms with Crippen LogP contribution in [0.5, 0.6) is 0 Å². The number of aromatic nitrogens is 3. The lowest BCUT2D eigenvalue weighted by molar-refractivity contribution is 0.703. The molecule has 0 amide bonds. The Hall–Kier alpha value is -0.710. The molecule has 5 heteroatoms. The van der Waals surface area contributed by atoms with E-state index in [9.17, 15) is 0 Å². The van der Waals surface area contributed by atoms with Crippen LogP contribution in [0.15, 0.2) is 6.20 Å². The zero-order chi connectivity index (χ0) is 8.39. The summed E-state index contributed by atoms with van der Waals surface area (Å²) in [5.41, 5.74) is 0. The van der Waals surface area contributed by atoms with Crippen molar-refractivity contribution in [1.29, 1.82) is 0 Å². The Kier molecular flexibility index (Phi) is 2.21. The van der Waals surface area contributed by atoms with Gasteiger partial charge in [0.15, 0.2) is 0 Å². The van der Waals surface area contributed by atoms with Gasteiger partial charge < -0.3 is 5.32 Å². The summed E-state index contributed by atoms with van der Waals surface area (Å²) in [5, 5.41) is 11.1. The molecule has 2 rings (SSSR count). The van der Waals surface area contributed by atoms with Gasteiger partial charge in [-0.3, -0.25) is 0 Å². The van der Waals surface area contributed by atoms with Crippen molar-refractivity contribution in [2.45, 2.75) is 12.5 Å². The topological polar surface area (TPSA) is 42.7 Å². The fraction of sp³-hybridized carbons (Fsp3) is 0.714. The first kappa shape index (κ1) is 7.91. The smallest absolute Gasteiger partial charge is 0.144 e. The molecular weight excluding hydrogens is 172 g/mol. The van der Waals surface area contributed by atoms with E-state index in [1.807, 2.05) is 18.8 Å². The molecule has 4 nitrogen and oxygen atoms in total. The van der Waals surface area contributed by atoms with E-state index in [0.717, 1.165) is 5.82 Å². The van der Waals surface area contributed by atoms with Crippen molar-refractivity contribution in [2.75, 3.05) is 16.8 Å². The molecule has 2 heterocycles. The summed E-state index contributed by atoms with van der Waals surface area (Å²) in [6.07, 6.45) is 3.01. The Balaban J connectivity index is 1.98. The summed E-state index contributed by atoms with van der Waals surface area (Å²) < 4.78 is 1.77. The quantitative estimate of drug-likeness (QED) is 0.736. The first-order valence-corrected chi connectivity index (χ1v) is 5.20. The highest BCUT2D eigenvalue weighted by molar-refractivity contribution is 7.99. The number of hydrogen-bond donors (Lipinski definition) is 1. The number of nitrogens with zero attached hydrogens (tertiary/aromatic N) is 3. The Bertz CT molecular complexity index is 254. The second-order valence-corrected chi connectivity index (χ2v) is 4.10. The maximum Gasteiger partial charge on any atom is 0.144 e. The lowest BCUT2D eigenvalue weighted by Gasteiger charge is -2.10. The van der Waals surface area contributed by atoms with Crippen molar-refractivity contribution in [3.8, 4) is 0 Å². The Morgan fingerprint density at radius 1 is 1.75 bits per heavy atom. The largest absolute Gasteiger partial charge is 0.365 e. The molecule has 1 atom stereocenters. The predicted octanol–water partition coefficient (Wildman–Crippen LogP) is 0.732. The fourth-order valence-corrected chi connectivity index (χ4v) is 2.43. The van der Waals surface area contributed by atoms with Gasteiger partial charge in [-0.1, -0.05) is 5.21 Å². The van der Waals surface area contributed by atoms with Gasteiger partial charge in [0.1, 0.15) is 5.82 Å². The molecule has 1 aliphatic rings. The van der Waals surface area contributed by atoms with E-state index in [1.165, 1.54) is 17.9 Å². The van der Waals surface area contributed by atoms with E-state index < -0.39 is 0 Å². The average molecular weight is 184 g/mol. The monoisotopic (exact) mass is 184 g/mol. The molecule has 12 heavy (non-hydrogen) atoms. The molecule has 1 N–H and O–H groups in total. The van der Waals surface area contributed by atoms with Crippen molar-refractivity contribution in [2.24, 2.45) is 7.05 Å². The van der Waals surface area contributed by atoms with Crippen LogP contribution in [-0.4, -0.2) is 32.5 Å². The number of anilines is 1. The third-order valence-corrected chi connectivity index (χ3v) is 3.16. The van der Waals surface area contributed by atoms with Crippen LogP contribution in [-0.2, 0) is 7.05 Å². The first-order chi connectivity index (χ1) is 5.86. The van der Waals surface area contributed by atoms with Crippen LogP contribution in [0.25, 0.3) is 0 Å². The van der Waals surface area contributed by atoms with Crippen LogP contribution < -0.4 is 5.32 Å². The van der Waals surface area contributed by atoms with Crippen LogP contribution >= 0.6 is 11.8 Å². The summed E-state index contributed by atoms with van der Waals surface area (Å²) in [5.74, 6) is 3.48. The maximum absolute atomic E-state index is 3.86. The van der Waals surface area contributed by atoms with E-state index in [4.69, 9.17) is 0 Å². The average Bonchev–Trinajstić information content (AvgIpc) is 2.65. The van der Waals surface area contributed by atoms with Crippen molar-refractivity contribution >= 4 is 17.6 Å². The van der Waals surface area contributed by atoms with Crippen LogP contribution in [0.3, 0.4) is 0 Å². The van der Waals surface area contributed by atoms with Crippen LogP contribution in [0.4, 0.5) is 5.82 Å². The van der Waals surface area contributed by atoms with Gasteiger partial charge in [0.2, 0.25) is 0 Å². The van der Waals surface area contributed by atoms with Crippen LogP contribution in [0.1, 0.15) is 6.42 Å². The van der Waals surface area contributed by atoms with Crippen molar-refractivity contribution < 1.29 is 0 Å². The van der Waals surface area contributed by atoms with E-state index in [0.29, 0.717) is 6.04 Å². The van der Waals surface area contributed by atoms with Gasteiger partial charge in [-0.2, -0.15) is 11.8 Å². The Labute approximate surface area is 75.7 Å². The molecule has 1 aromatic heterocycles. The van der Waals surface area contributed by atoms with Gasteiger partial charge in [0, 0.05) is 18.8 Å². The summed E-state index contributed by atoms with van der Waals surface area (Å²) in [6.45, 7) is 0. The lowest BCUT2D eigenvalue weighted by atomic mass is 10.3. The van der Waals surface area contributed by atoms with Crippen molar-refractivity contribution in [3.05, 3.63) is 6.20 Å². The molecule has 0 radical (unpaired) electrons. The second-order valence-electron chi connectivity index (χ2n) is 2.95. The van der Waals surface area contributed by atoms with Crippen molar-refractivity contribution in [3.63, 3.8) is 0 Å². The van der Waals surface area contributed by atoms with Gasteiger partial charge >= 0.3 is 0 Å². The number of rotatable bonds is 2. The van der Waals surface area contributed by atoms with Gasteiger partial charge in [-0.25, -0.2) is 4.68 Å². The summed E-state index contributed by atoms with van der Waals surface area (Å²) >= 11 is 2.00. The number of nitrogens with one attached hydrogen (secondary N) is 1. The second kappa shape index (κ2) is 3.35. The molecule has 66 valence electrons. The minimum absolute atomic E-state index is 0.604. The SMILES string of the molecule is Cn1nncc1NC1CCSC1. The lowest BCUT2D eigenvalue weighted by Crippen LogP contribution is -2.19. The predicted molar refractivity (Wildman–Crippen MR) is 50.4 cm³/mol. The van der Waals surface area contributed by atoms with Gasteiger partial charge in [0.05, 0.1) is 6.20 Å². The van der Waals surface area contributed by atoms with Gasteiger partial charge in [-0.05, 0) is 12.2 Å². The van der Waals surface area contributed by atoms with Gasteiger partial charge in [0.25, 0.3) is 0 Å². The maximum atomic E-state index is 3.86. The summed E-state index contributed by atoms with van der Waals surface area (Å²) in [7, 11) is 1.90. The zero-order valence-corrected chi connectivity index (χ0v) is 7.84. The third kappa shape index (κ3) is 1.55. The molecule has 1 aliphatic heterocycles. The summed E-state index contributed by atoms with van der Waals surface area (Å²) in [6, 6.07) is 0.604. The van der Waals surface area contributed by atoms with Crippen LogP contribution in [0, 0.1) is 0 Å². The number of hydrogen-bond acceptors (Lipinski definition) is 4. The molecule has 0 saturated carbocycles. The summed E-state index contributed by atoms with van der Waals surface area (Å²) in [4.78, 5) is 0. The molecular formula is C7H12N4S. The zero-order valence-electron chi connectivity index (χ0n) is 7.03. The molecule has 1 unspecified atom stereocenters. The molecule has 0 aromatic carbocycles. The molecule has 0 spiro atoms. The molecule has 1 saturated heterocycles. The van der Waals surface area contributed by atoms with E-state index in [-0.39, 0.29) is 0 Å². The Morgan fingerprint density at radius 2 is 2.67 bits per heavy atom. The highest BCUT2D eigenvalue weighted by Crippen LogP contribution is 2.20. The molecule has 1 fully saturated rings. The highest BCUT2D eigenvalue weighted by Gasteiger charge is 2.15. The minimum atomic E-state index is 0.604. The Morgan fingerprint density at radius 3 is 3.25 bits per heavy atom. The van der Waals surface area contributed by atoms with Crippen molar-refractivity contribution in [1.82, 2.24) is 15.0 Å². The van der Waals surface area contributed by atoms with E-state index in [2.05, 4.69) is 15.6 Å². The molecule has 1 aromatic rings. The molecule has 0 aliphatic carbocycles. The minimum Gasteiger partial charge on any atom is -0.365 e. The van der Waals surface area contributed by atoms with Gasteiger partial charge in [-0.15, -0.1) is 5.10 Å². The number of aryl methyl sites for hydroxylation is 1. The van der Waals surface area contributed by atoms with Crippen LogP contribution in [0.2, 0.25) is 0 Å². The first-order valence-electron chi connectivity index (χ1n) is 4.05. The molecule has 0 bridgehead atoms. The fourth-order valence-electron chi connectivity index (χ4n) is 1.28. The number of thioether (sulfide) groups is 1. The standard InChI is InChI=1S/C7H12N4S/c1-11-7(4-8-10-11)9-6-2-3-12-5-6/h4,6,9H,2-3,5H2,1H3. The van der Waals surface area contributed by atoms with E-state index >= 15 is 0 Å². The third-order valence-electron chi connectivity index (χ3n) is 2.00. The normalized spacial score (nSPS) is 22.9. The highest BCUT2D eigenvalue weighted by atomic mass is 32.2. The van der Waals surface area contributed by atoms with E-state index in [1.54, 1.807) is 10.9 Å².